The molecule has 1 aromatic heterocycles. The molecular weight excluding hydrogens is 375 g/mol. The lowest BCUT2D eigenvalue weighted by Gasteiger charge is -2.12. The van der Waals surface area contributed by atoms with Gasteiger partial charge < -0.3 is 29.8 Å². The van der Waals surface area contributed by atoms with E-state index >= 15 is 0 Å². The quantitative estimate of drug-likeness (QED) is 0.324. The number of H-pyrrole nitrogens is 1. The van der Waals surface area contributed by atoms with Gasteiger partial charge in [-0.25, -0.2) is 4.39 Å². The summed E-state index contributed by atoms with van der Waals surface area (Å²) in [5.74, 6) is 2.62. The largest absolute Gasteiger partial charge is 0.492 e. The Morgan fingerprint density at radius 3 is 2.90 bits per heavy atom. The van der Waals surface area contributed by atoms with Crippen molar-refractivity contribution in [1.29, 1.82) is 0 Å². The van der Waals surface area contributed by atoms with E-state index in [2.05, 4.69) is 20.6 Å². The molecule has 2 aromatic carbocycles. The Morgan fingerprint density at radius 2 is 2.00 bits per heavy atom. The molecule has 3 N–H and O–H groups in total. The van der Waals surface area contributed by atoms with Crippen molar-refractivity contribution in [2.45, 2.75) is 6.42 Å². The van der Waals surface area contributed by atoms with Crippen LogP contribution in [0.5, 0.6) is 17.2 Å². The Morgan fingerprint density at radius 1 is 1.14 bits per heavy atom. The van der Waals surface area contributed by atoms with Crippen LogP contribution in [0.2, 0.25) is 0 Å². The lowest BCUT2D eigenvalue weighted by Crippen LogP contribution is -2.40. The second-order valence-electron chi connectivity index (χ2n) is 6.54. The van der Waals surface area contributed by atoms with Crippen LogP contribution in [0.1, 0.15) is 5.56 Å². The first-order chi connectivity index (χ1) is 14.2. The van der Waals surface area contributed by atoms with Crippen LogP contribution >= 0.6 is 0 Å². The highest BCUT2D eigenvalue weighted by atomic mass is 19.1. The van der Waals surface area contributed by atoms with E-state index in [0.717, 1.165) is 34.4 Å². The molecule has 0 bridgehead atoms. The number of ether oxygens (including phenoxy) is 3. The normalized spacial score (nSPS) is 13.0. The summed E-state index contributed by atoms with van der Waals surface area (Å²) in [6.07, 6.45) is 2.67. The Labute approximate surface area is 167 Å². The zero-order valence-corrected chi connectivity index (χ0v) is 16.1. The monoisotopic (exact) mass is 398 g/mol. The van der Waals surface area contributed by atoms with Gasteiger partial charge in [-0.15, -0.1) is 0 Å². The second kappa shape index (κ2) is 8.72. The van der Waals surface area contributed by atoms with Crippen LogP contribution in [0.25, 0.3) is 10.9 Å². The number of nitrogens with one attached hydrogen (secondary N) is 3. The number of hydrogen-bond acceptors (Lipinski definition) is 4. The van der Waals surface area contributed by atoms with Crippen LogP contribution in [0.4, 0.5) is 4.39 Å². The minimum atomic E-state index is -0.230. The molecule has 0 radical (unpaired) electrons. The standard InChI is InChI=1S/C21H23FN4O3/c1-23-21(24-7-6-14-12-26-18-4-2-15(22)10-17(14)18)25-8-9-27-16-3-5-19-20(11-16)29-13-28-19/h2-5,10-12,26H,6-9,13H2,1H3,(H2,23,24,25). The average molecular weight is 398 g/mol. The van der Waals surface area contributed by atoms with Crippen molar-refractivity contribution < 1.29 is 18.6 Å². The van der Waals surface area contributed by atoms with E-state index in [1.54, 1.807) is 19.2 Å². The van der Waals surface area contributed by atoms with Crippen molar-refractivity contribution in [3.63, 3.8) is 0 Å². The van der Waals surface area contributed by atoms with Gasteiger partial charge in [0.2, 0.25) is 6.79 Å². The number of aliphatic imine (C=N–C) groups is 1. The van der Waals surface area contributed by atoms with Crippen molar-refractivity contribution in [3.8, 4) is 17.2 Å². The van der Waals surface area contributed by atoms with Gasteiger partial charge in [0.15, 0.2) is 17.5 Å². The highest BCUT2D eigenvalue weighted by Gasteiger charge is 2.13. The van der Waals surface area contributed by atoms with Gasteiger partial charge in [0.25, 0.3) is 0 Å². The van der Waals surface area contributed by atoms with Gasteiger partial charge in [0.1, 0.15) is 18.2 Å². The summed E-state index contributed by atoms with van der Waals surface area (Å²) in [5, 5.41) is 7.38. The Kier molecular flexibility index (Phi) is 5.69. The first-order valence-corrected chi connectivity index (χ1v) is 9.45. The fraction of sp³-hybridized carbons (Fsp3) is 0.286. The highest BCUT2D eigenvalue weighted by Crippen LogP contribution is 2.34. The van der Waals surface area contributed by atoms with Crippen molar-refractivity contribution in [3.05, 3.63) is 54.0 Å². The van der Waals surface area contributed by atoms with Crippen molar-refractivity contribution in [2.24, 2.45) is 4.99 Å². The summed E-state index contributed by atoms with van der Waals surface area (Å²) in [4.78, 5) is 7.38. The van der Waals surface area contributed by atoms with E-state index in [1.807, 2.05) is 24.4 Å². The fourth-order valence-electron chi connectivity index (χ4n) is 3.20. The molecule has 1 aliphatic heterocycles. The molecule has 0 amide bonds. The van der Waals surface area contributed by atoms with Gasteiger partial charge in [-0.3, -0.25) is 4.99 Å². The maximum absolute atomic E-state index is 13.5. The van der Waals surface area contributed by atoms with Crippen LogP contribution in [0.3, 0.4) is 0 Å². The third-order valence-electron chi connectivity index (χ3n) is 4.65. The molecule has 0 aliphatic carbocycles. The third kappa shape index (κ3) is 4.53. The zero-order chi connectivity index (χ0) is 20.1. The smallest absolute Gasteiger partial charge is 0.231 e. The van der Waals surface area contributed by atoms with Gasteiger partial charge in [-0.1, -0.05) is 0 Å². The van der Waals surface area contributed by atoms with Crippen molar-refractivity contribution in [1.82, 2.24) is 15.6 Å². The molecule has 0 saturated heterocycles. The number of nitrogens with zero attached hydrogens (tertiary/aromatic N) is 1. The Bertz CT molecular complexity index is 1020. The SMILES string of the molecule is CN=C(NCCOc1ccc2c(c1)OCO2)NCCc1c[nH]c2ccc(F)cc12. The van der Waals surface area contributed by atoms with Gasteiger partial charge in [-0.05, 0) is 42.3 Å². The van der Waals surface area contributed by atoms with Crippen LogP contribution < -0.4 is 24.8 Å². The summed E-state index contributed by atoms with van der Waals surface area (Å²) in [7, 11) is 1.72. The van der Waals surface area contributed by atoms with Gasteiger partial charge >= 0.3 is 0 Å². The van der Waals surface area contributed by atoms with Crippen molar-refractivity contribution >= 4 is 16.9 Å². The summed E-state index contributed by atoms with van der Waals surface area (Å²) in [6.45, 7) is 1.98. The van der Waals surface area contributed by atoms with Gasteiger partial charge in [0, 0.05) is 36.8 Å². The lowest BCUT2D eigenvalue weighted by molar-refractivity contribution is 0.173. The number of hydrogen-bond donors (Lipinski definition) is 3. The fourth-order valence-corrected chi connectivity index (χ4v) is 3.20. The molecule has 2 heterocycles. The first-order valence-electron chi connectivity index (χ1n) is 9.45. The van der Waals surface area contributed by atoms with E-state index in [9.17, 15) is 4.39 Å². The minimum Gasteiger partial charge on any atom is -0.492 e. The van der Waals surface area contributed by atoms with Gasteiger partial charge in [0.05, 0.1) is 6.54 Å². The van der Waals surface area contributed by atoms with E-state index < -0.39 is 0 Å². The van der Waals surface area contributed by atoms with E-state index in [0.29, 0.717) is 31.4 Å². The Hall–Kier alpha value is -3.42. The molecule has 8 heteroatoms. The number of aromatic nitrogens is 1. The van der Waals surface area contributed by atoms with Crippen LogP contribution in [-0.2, 0) is 6.42 Å². The van der Waals surface area contributed by atoms with Gasteiger partial charge in [-0.2, -0.15) is 0 Å². The summed E-state index contributed by atoms with van der Waals surface area (Å²) >= 11 is 0. The molecule has 152 valence electrons. The van der Waals surface area contributed by atoms with E-state index in [-0.39, 0.29) is 12.6 Å². The number of fused-ring (bicyclic) bond motifs is 2. The maximum atomic E-state index is 13.5. The number of rotatable bonds is 7. The second-order valence-corrected chi connectivity index (χ2v) is 6.54. The third-order valence-corrected chi connectivity index (χ3v) is 4.65. The number of aromatic amines is 1. The molecule has 0 fully saturated rings. The molecule has 0 spiro atoms. The molecule has 0 unspecified atom stereocenters. The summed E-state index contributed by atoms with van der Waals surface area (Å²) in [6, 6.07) is 10.3. The summed E-state index contributed by atoms with van der Waals surface area (Å²) < 4.78 is 29.8. The summed E-state index contributed by atoms with van der Waals surface area (Å²) in [5.41, 5.74) is 2.00. The topological polar surface area (TPSA) is 79.9 Å². The molecule has 0 saturated carbocycles. The lowest BCUT2D eigenvalue weighted by atomic mass is 10.1. The number of halogens is 1. The first kappa shape index (κ1) is 18.9. The Balaban J connectivity index is 1.20. The van der Waals surface area contributed by atoms with E-state index in [4.69, 9.17) is 14.2 Å². The number of benzene rings is 2. The van der Waals surface area contributed by atoms with Crippen LogP contribution in [0, 0.1) is 5.82 Å². The highest BCUT2D eigenvalue weighted by molar-refractivity contribution is 5.83. The van der Waals surface area contributed by atoms with Crippen molar-refractivity contribution in [2.75, 3.05) is 33.5 Å². The predicted molar refractivity (Wildman–Crippen MR) is 109 cm³/mol. The van der Waals surface area contributed by atoms with Crippen LogP contribution in [0.15, 0.2) is 47.6 Å². The zero-order valence-electron chi connectivity index (χ0n) is 16.1. The minimum absolute atomic E-state index is 0.230. The molecule has 1 aliphatic rings. The molecule has 3 aromatic rings. The molecule has 4 rings (SSSR count). The molecule has 29 heavy (non-hydrogen) atoms. The predicted octanol–water partition coefficient (Wildman–Crippen LogP) is 2.82. The molecular formula is C21H23FN4O3. The van der Waals surface area contributed by atoms with Crippen LogP contribution in [-0.4, -0.2) is 44.5 Å². The van der Waals surface area contributed by atoms with E-state index in [1.165, 1.54) is 6.07 Å². The average Bonchev–Trinajstić information content (AvgIpc) is 3.36. The number of guanidine groups is 1. The maximum Gasteiger partial charge on any atom is 0.231 e. The molecule has 7 nitrogen and oxygen atoms in total. The molecule has 0 atom stereocenters.